The van der Waals surface area contributed by atoms with E-state index >= 15 is 0 Å². The molecule has 3 aromatic rings. The summed E-state index contributed by atoms with van der Waals surface area (Å²) < 4.78 is 33.6. The van der Waals surface area contributed by atoms with E-state index in [1.54, 1.807) is 32.9 Å². The number of carbonyl (C=O) groups excluding carboxylic acids is 2. The van der Waals surface area contributed by atoms with Crippen molar-refractivity contribution < 1.29 is 27.2 Å². The summed E-state index contributed by atoms with van der Waals surface area (Å²) in [5.74, 6) is -0.665. The highest BCUT2D eigenvalue weighted by molar-refractivity contribution is 7.89. The van der Waals surface area contributed by atoms with Gasteiger partial charge in [-0.05, 0) is 57.2 Å². The number of nitrogens with one attached hydrogen (secondary N) is 1. The van der Waals surface area contributed by atoms with Crippen molar-refractivity contribution in [3.63, 3.8) is 0 Å². The summed E-state index contributed by atoms with van der Waals surface area (Å²) in [6.07, 6.45) is 1.28. The molecule has 33 heavy (non-hydrogen) atoms. The first-order valence-electron chi connectivity index (χ1n) is 9.82. The van der Waals surface area contributed by atoms with Gasteiger partial charge >= 0.3 is 5.97 Å². The average molecular weight is 468 g/mol. The molecule has 0 bridgehead atoms. The number of ketones is 1. The van der Waals surface area contributed by atoms with Crippen LogP contribution < -0.4 is 5.14 Å². The molecule has 10 heteroatoms. The molecule has 0 aliphatic carbocycles. The van der Waals surface area contributed by atoms with Crippen molar-refractivity contribution in [2.24, 2.45) is 5.14 Å². The first-order valence-corrected chi connectivity index (χ1v) is 11.4. The Morgan fingerprint density at radius 3 is 2.33 bits per heavy atom. The van der Waals surface area contributed by atoms with E-state index in [-0.39, 0.29) is 34.0 Å². The zero-order valence-corrected chi connectivity index (χ0v) is 18.9. The van der Waals surface area contributed by atoms with Crippen molar-refractivity contribution in [1.82, 2.24) is 4.98 Å². The molecule has 0 aliphatic rings. The summed E-state index contributed by atoms with van der Waals surface area (Å²) >= 11 is 0. The number of Topliss-reactive ketones (excluding diaryl/α,β-unsaturated/α-hetero) is 1. The number of benzene rings is 1. The minimum Gasteiger partial charge on any atom is -0.462 e. The van der Waals surface area contributed by atoms with Gasteiger partial charge in [-0.15, -0.1) is 0 Å². The third-order valence-electron chi connectivity index (χ3n) is 4.83. The minimum atomic E-state index is -3.82. The molecule has 170 valence electrons. The number of rotatable bonds is 7. The average Bonchev–Trinajstić information content (AvgIpc) is 3.34. The number of allylic oxidation sites excluding steroid dienone is 1. The summed E-state index contributed by atoms with van der Waals surface area (Å²) in [4.78, 5) is 28.4. The molecule has 0 saturated carbocycles. The second-order valence-corrected chi connectivity index (χ2v) is 8.68. The number of primary sulfonamides is 1. The molecule has 0 saturated heterocycles. The number of nitrogens with two attached hydrogens (primary N) is 1. The van der Waals surface area contributed by atoms with E-state index in [0.717, 1.165) is 0 Å². The zero-order valence-electron chi connectivity index (χ0n) is 18.1. The number of hydrogen-bond donors (Lipinski definition) is 2. The van der Waals surface area contributed by atoms with E-state index in [1.807, 2.05) is 6.07 Å². The molecule has 1 aromatic carbocycles. The Morgan fingerprint density at radius 1 is 1.12 bits per heavy atom. The predicted octanol–water partition coefficient (Wildman–Crippen LogP) is 3.51. The van der Waals surface area contributed by atoms with Crippen LogP contribution in [0.5, 0.6) is 0 Å². The number of sulfonamides is 1. The Labute approximate surface area is 190 Å². The van der Waals surface area contributed by atoms with Gasteiger partial charge in [0.05, 0.1) is 22.6 Å². The van der Waals surface area contributed by atoms with Gasteiger partial charge in [-0.3, -0.25) is 4.79 Å². The van der Waals surface area contributed by atoms with Crippen molar-refractivity contribution in [3.8, 4) is 17.4 Å². The van der Waals surface area contributed by atoms with Crippen LogP contribution in [0.15, 0.2) is 51.3 Å². The number of nitriles is 1. The number of nitrogens with zero attached hydrogens (tertiary/aromatic N) is 1. The zero-order chi connectivity index (χ0) is 24.3. The number of carbonyl (C=O) groups is 2. The van der Waals surface area contributed by atoms with Gasteiger partial charge in [0.1, 0.15) is 23.2 Å². The summed E-state index contributed by atoms with van der Waals surface area (Å²) in [5, 5.41) is 14.7. The standard InChI is InChI=1S/C23H21N3O6S/c1-4-31-23(28)21-14(3)26-13(2)20(21)22(27)16(12-24)11-17-7-10-19(32-17)15-5-8-18(9-6-15)33(25,29)30/h5-11,26H,4H2,1-3H3,(H2,25,29,30). The molecule has 3 N–H and O–H groups in total. The number of aromatic amines is 1. The fourth-order valence-corrected chi connectivity index (χ4v) is 3.86. The van der Waals surface area contributed by atoms with Gasteiger partial charge in [-0.2, -0.15) is 5.26 Å². The summed E-state index contributed by atoms with van der Waals surface area (Å²) in [5.41, 5.74) is 1.42. The summed E-state index contributed by atoms with van der Waals surface area (Å²) in [7, 11) is -3.82. The number of H-pyrrole nitrogens is 1. The number of ether oxygens (including phenoxy) is 1. The van der Waals surface area contributed by atoms with Gasteiger partial charge < -0.3 is 14.1 Å². The molecule has 3 rings (SSSR count). The number of hydrogen-bond acceptors (Lipinski definition) is 7. The molecular formula is C23H21N3O6S. The van der Waals surface area contributed by atoms with Gasteiger partial charge in [0.25, 0.3) is 0 Å². The fraction of sp³-hybridized carbons (Fsp3) is 0.174. The van der Waals surface area contributed by atoms with Crippen LogP contribution in [0, 0.1) is 25.2 Å². The molecule has 0 atom stereocenters. The molecule has 2 heterocycles. The maximum atomic E-state index is 13.1. The van der Waals surface area contributed by atoms with Gasteiger partial charge in [0, 0.05) is 23.0 Å². The van der Waals surface area contributed by atoms with Gasteiger partial charge in [0.15, 0.2) is 0 Å². The molecule has 0 radical (unpaired) electrons. The maximum absolute atomic E-state index is 13.1. The third-order valence-corrected chi connectivity index (χ3v) is 5.76. The predicted molar refractivity (Wildman–Crippen MR) is 120 cm³/mol. The van der Waals surface area contributed by atoms with Crippen molar-refractivity contribution in [2.75, 3.05) is 6.61 Å². The minimum absolute atomic E-state index is 0.0372. The van der Waals surface area contributed by atoms with Crippen LogP contribution in [0.1, 0.15) is 44.8 Å². The topological polar surface area (TPSA) is 156 Å². The molecular weight excluding hydrogens is 446 g/mol. The lowest BCUT2D eigenvalue weighted by molar-refractivity contribution is 0.0523. The Balaban J connectivity index is 1.95. The highest BCUT2D eigenvalue weighted by Gasteiger charge is 2.27. The number of esters is 1. The highest BCUT2D eigenvalue weighted by atomic mass is 32.2. The Morgan fingerprint density at radius 2 is 1.76 bits per heavy atom. The first-order chi connectivity index (χ1) is 15.6. The van der Waals surface area contributed by atoms with E-state index in [2.05, 4.69) is 4.98 Å². The van der Waals surface area contributed by atoms with E-state index in [4.69, 9.17) is 14.3 Å². The largest absolute Gasteiger partial charge is 0.462 e. The Bertz CT molecular complexity index is 1400. The van der Waals surface area contributed by atoms with Gasteiger partial charge in [-0.25, -0.2) is 18.4 Å². The first kappa shape index (κ1) is 23.7. The van der Waals surface area contributed by atoms with Crippen molar-refractivity contribution in [3.05, 3.63) is 70.2 Å². The molecule has 0 unspecified atom stereocenters. The Hall–Kier alpha value is -3.94. The van der Waals surface area contributed by atoms with Crippen LogP contribution in [0.3, 0.4) is 0 Å². The normalized spacial score (nSPS) is 11.8. The highest BCUT2D eigenvalue weighted by Crippen LogP contribution is 2.27. The van der Waals surface area contributed by atoms with Crippen LogP contribution in [-0.2, 0) is 14.8 Å². The van der Waals surface area contributed by atoms with Crippen LogP contribution in [0.4, 0.5) is 0 Å². The number of aryl methyl sites for hydroxylation is 2. The number of aromatic nitrogens is 1. The van der Waals surface area contributed by atoms with E-state index < -0.39 is 21.8 Å². The maximum Gasteiger partial charge on any atom is 0.340 e. The second-order valence-electron chi connectivity index (χ2n) is 7.12. The SMILES string of the molecule is CCOC(=O)c1c(C)[nH]c(C)c1C(=O)C(C#N)=Cc1ccc(-c2ccc(S(N)(=O)=O)cc2)o1. The third kappa shape index (κ3) is 4.95. The molecule has 9 nitrogen and oxygen atoms in total. The van der Waals surface area contributed by atoms with Crippen LogP contribution >= 0.6 is 0 Å². The van der Waals surface area contributed by atoms with E-state index in [1.165, 1.54) is 30.3 Å². The molecule has 0 spiro atoms. The molecule has 0 aliphatic heterocycles. The van der Waals surface area contributed by atoms with Crippen molar-refractivity contribution >= 4 is 27.9 Å². The summed E-state index contributed by atoms with van der Waals surface area (Å²) in [6.45, 7) is 5.08. The molecule has 0 amide bonds. The summed E-state index contributed by atoms with van der Waals surface area (Å²) in [6, 6.07) is 10.8. The van der Waals surface area contributed by atoms with Crippen LogP contribution in [0.25, 0.3) is 17.4 Å². The van der Waals surface area contributed by atoms with Gasteiger partial charge in [-0.1, -0.05) is 0 Å². The lowest BCUT2D eigenvalue weighted by Crippen LogP contribution is -2.13. The van der Waals surface area contributed by atoms with Crippen LogP contribution in [-0.4, -0.2) is 31.8 Å². The molecule has 2 aromatic heterocycles. The van der Waals surface area contributed by atoms with Crippen molar-refractivity contribution in [1.29, 1.82) is 5.26 Å². The quantitative estimate of drug-likeness (QED) is 0.233. The lowest BCUT2D eigenvalue weighted by Gasteiger charge is -2.05. The Kier molecular flexibility index (Phi) is 6.67. The van der Waals surface area contributed by atoms with Crippen molar-refractivity contribution in [2.45, 2.75) is 25.7 Å². The number of furan rings is 1. The van der Waals surface area contributed by atoms with Gasteiger partial charge in [0.2, 0.25) is 15.8 Å². The van der Waals surface area contributed by atoms with E-state index in [9.17, 15) is 23.3 Å². The van der Waals surface area contributed by atoms with E-state index in [0.29, 0.717) is 22.7 Å². The fourth-order valence-electron chi connectivity index (χ4n) is 3.34. The second kappa shape index (κ2) is 9.28. The monoisotopic (exact) mass is 467 g/mol. The lowest BCUT2D eigenvalue weighted by atomic mass is 9.99. The smallest absolute Gasteiger partial charge is 0.340 e. The molecule has 0 fully saturated rings. The van der Waals surface area contributed by atoms with Crippen LogP contribution in [0.2, 0.25) is 0 Å².